The zero-order valence-corrected chi connectivity index (χ0v) is 18.5. The van der Waals surface area contributed by atoms with Gasteiger partial charge >= 0.3 is 6.09 Å². The summed E-state index contributed by atoms with van der Waals surface area (Å²) < 4.78 is 16.1. The minimum absolute atomic E-state index is 0.233. The van der Waals surface area contributed by atoms with Gasteiger partial charge in [-0.2, -0.15) is 0 Å². The Labute approximate surface area is 186 Å². The van der Waals surface area contributed by atoms with Crippen molar-refractivity contribution in [2.24, 2.45) is 5.16 Å². The Balaban J connectivity index is 1.52. The lowest BCUT2D eigenvalue weighted by atomic mass is 9.91. The zero-order valence-electron chi connectivity index (χ0n) is 18.5. The molecule has 168 valence electrons. The normalized spacial score (nSPS) is 21.6. The van der Waals surface area contributed by atoms with Crippen molar-refractivity contribution in [1.29, 1.82) is 0 Å². The van der Waals surface area contributed by atoms with Gasteiger partial charge in [-0.25, -0.2) is 9.69 Å². The van der Waals surface area contributed by atoms with E-state index in [1.807, 2.05) is 50.2 Å². The Morgan fingerprint density at radius 1 is 1.12 bits per heavy atom. The molecule has 2 heterocycles. The van der Waals surface area contributed by atoms with E-state index in [9.17, 15) is 9.59 Å². The van der Waals surface area contributed by atoms with Crippen LogP contribution >= 0.6 is 0 Å². The lowest BCUT2D eigenvalue weighted by molar-refractivity contribution is -0.140. The van der Waals surface area contributed by atoms with Gasteiger partial charge in [0, 0.05) is 12.0 Å². The Morgan fingerprint density at radius 2 is 1.84 bits per heavy atom. The Morgan fingerprint density at radius 3 is 2.53 bits per heavy atom. The van der Waals surface area contributed by atoms with Crippen LogP contribution < -0.4 is 9.47 Å². The molecule has 0 N–H and O–H groups in total. The summed E-state index contributed by atoms with van der Waals surface area (Å²) in [4.78, 5) is 32.6. The van der Waals surface area contributed by atoms with Crippen molar-refractivity contribution >= 4 is 17.7 Å². The molecule has 32 heavy (non-hydrogen) atoms. The average Bonchev–Trinajstić information content (AvgIpc) is 3.36. The standard InChI is InChI=1S/C24H26N2O6/c1-24(2)21(12-15-8-6-5-7-9-15)26(23(28)31-24)22(27)20-14-17(25-32-20)16-10-11-18(29-3)19(13-16)30-4/h5-11,13,20-21H,12,14H2,1-4H3/t20-,21-/m0/s1. The smallest absolute Gasteiger partial charge is 0.417 e. The molecule has 8 nitrogen and oxygen atoms in total. The second kappa shape index (κ2) is 8.53. The highest BCUT2D eigenvalue weighted by molar-refractivity contribution is 6.06. The first-order valence-corrected chi connectivity index (χ1v) is 10.4. The molecule has 2 aromatic rings. The lowest BCUT2D eigenvalue weighted by Gasteiger charge is -2.28. The predicted octanol–water partition coefficient (Wildman–Crippen LogP) is 3.57. The molecule has 2 amide bonds. The van der Waals surface area contributed by atoms with Crippen LogP contribution in [0.1, 0.15) is 31.4 Å². The number of ether oxygens (including phenoxy) is 3. The number of oxime groups is 1. The number of amides is 2. The number of rotatable bonds is 6. The Hall–Kier alpha value is -3.55. The molecule has 2 aliphatic heterocycles. The third kappa shape index (κ3) is 4.00. The van der Waals surface area contributed by atoms with Crippen LogP contribution in [0.2, 0.25) is 0 Å². The van der Waals surface area contributed by atoms with E-state index >= 15 is 0 Å². The topological polar surface area (TPSA) is 86.7 Å². The molecule has 8 heteroatoms. The summed E-state index contributed by atoms with van der Waals surface area (Å²) >= 11 is 0. The quantitative estimate of drug-likeness (QED) is 0.685. The minimum Gasteiger partial charge on any atom is -0.493 e. The van der Waals surface area contributed by atoms with Crippen molar-refractivity contribution in [3.63, 3.8) is 0 Å². The van der Waals surface area contributed by atoms with Gasteiger partial charge in [0.15, 0.2) is 11.5 Å². The Bertz CT molecular complexity index is 1050. The highest BCUT2D eigenvalue weighted by Gasteiger charge is 2.52. The second-order valence-corrected chi connectivity index (χ2v) is 8.29. The van der Waals surface area contributed by atoms with E-state index in [1.165, 1.54) is 4.90 Å². The third-order valence-corrected chi connectivity index (χ3v) is 5.83. The van der Waals surface area contributed by atoms with Crippen LogP contribution in [0.5, 0.6) is 11.5 Å². The molecule has 1 saturated heterocycles. The number of benzene rings is 2. The van der Waals surface area contributed by atoms with Gasteiger partial charge in [0.25, 0.3) is 5.91 Å². The maximum absolute atomic E-state index is 13.3. The SMILES string of the molecule is COc1ccc(C2=NO[C@H](C(=O)N3C(=O)OC(C)(C)[C@@H]3Cc3ccccc3)C2)cc1OC. The molecule has 0 spiro atoms. The summed E-state index contributed by atoms with van der Waals surface area (Å²) in [5, 5.41) is 4.10. The summed E-state index contributed by atoms with van der Waals surface area (Å²) in [6.07, 6.45) is -0.847. The average molecular weight is 438 g/mol. The summed E-state index contributed by atoms with van der Waals surface area (Å²) in [5.74, 6) is 0.685. The van der Waals surface area contributed by atoms with Crippen LogP contribution in [0.15, 0.2) is 53.7 Å². The van der Waals surface area contributed by atoms with Gasteiger partial charge in [-0.3, -0.25) is 4.79 Å². The van der Waals surface area contributed by atoms with E-state index in [4.69, 9.17) is 19.0 Å². The second-order valence-electron chi connectivity index (χ2n) is 8.29. The van der Waals surface area contributed by atoms with Gasteiger partial charge < -0.3 is 19.0 Å². The van der Waals surface area contributed by atoms with Gasteiger partial charge in [-0.15, -0.1) is 0 Å². The maximum Gasteiger partial charge on any atom is 0.417 e. The van der Waals surface area contributed by atoms with Crippen molar-refractivity contribution < 1.29 is 28.6 Å². The fourth-order valence-electron chi connectivity index (χ4n) is 4.05. The van der Waals surface area contributed by atoms with Crippen LogP contribution in [0.4, 0.5) is 4.79 Å². The number of carbonyl (C=O) groups is 2. The number of imide groups is 1. The highest BCUT2D eigenvalue weighted by atomic mass is 16.6. The number of hydrogen-bond donors (Lipinski definition) is 0. The molecule has 2 atom stereocenters. The number of nitrogens with zero attached hydrogens (tertiary/aromatic N) is 2. The molecule has 0 aliphatic carbocycles. The van der Waals surface area contributed by atoms with Crippen molar-refractivity contribution in [2.75, 3.05) is 14.2 Å². The molecule has 0 saturated carbocycles. The van der Waals surface area contributed by atoms with Crippen LogP contribution in [0, 0.1) is 0 Å². The largest absolute Gasteiger partial charge is 0.493 e. The molecule has 0 bridgehead atoms. The third-order valence-electron chi connectivity index (χ3n) is 5.83. The van der Waals surface area contributed by atoms with E-state index in [0.717, 1.165) is 11.1 Å². The summed E-state index contributed by atoms with van der Waals surface area (Å²) in [6, 6.07) is 14.6. The van der Waals surface area contributed by atoms with Gasteiger partial charge in [0.1, 0.15) is 5.60 Å². The van der Waals surface area contributed by atoms with Gasteiger partial charge in [-0.1, -0.05) is 35.5 Å². The number of hydrogen-bond acceptors (Lipinski definition) is 7. The fourth-order valence-corrected chi connectivity index (χ4v) is 4.05. The first kappa shape index (κ1) is 21.7. The van der Waals surface area contributed by atoms with Crippen LogP contribution in [-0.4, -0.2) is 54.6 Å². The summed E-state index contributed by atoms with van der Waals surface area (Å²) in [5.41, 5.74) is 1.53. The summed E-state index contributed by atoms with van der Waals surface area (Å²) in [6.45, 7) is 3.62. The van der Waals surface area contributed by atoms with Gasteiger partial charge in [0.05, 0.1) is 26.0 Å². The maximum atomic E-state index is 13.3. The predicted molar refractivity (Wildman–Crippen MR) is 117 cm³/mol. The van der Waals surface area contributed by atoms with Crippen molar-refractivity contribution in [3.05, 3.63) is 59.7 Å². The fraction of sp³-hybridized carbons (Fsp3) is 0.375. The summed E-state index contributed by atoms with van der Waals surface area (Å²) in [7, 11) is 3.11. The number of methoxy groups -OCH3 is 2. The Kier molecular flexibility index (Phi) is 5.78. The van der Waals surface area contributed by atoms with E-state index in [-0.39, 0.29) is 6.42 Å². The van der Waals surface area contributed by atoms with Crippen molar-refractivity contribution in [3.8, 4) is 11.5 Å². The lowest BCUT2D eigenvalue weighted by Crippen LogP contribution is -2.49. The van der Waals surface area contributed by atoms with Crippen LogP contribution in [0.25, 0.3) is 0 Å². The monoisotopic (exact) mass is 438 g/mol. The van der Waals surface area contributed by atoms with E-state index in [2.05, 4.69) is 5.16 Å². The molecule has 1 fully saturated rings. The van der Waals surface area contributed by atoms with Crippen LogP contribution in [0.3, 0.4) is 0 Å². The van der Waals surface area contributed by atoms with E-state index in [1.54, 1.807) is 26.4 Å². The van der Waals surface area contributed by atoms with Crippen molar-refractivity contribution in [1.82, 2.24) is 4.90 Å². The first-order chi connectivity index (χ1) is 15.3. The van der Waals surface area contributed by atoms with Crippen molar-refractivity contribution in [2.45, 2.75) is 44.4 Å². The zero-order chi connectivity index (χ0) is 22.9. The van der Waals surface area contributed by atoms with E-state index in [0.29, 0.717) is 23.6 Å². The van der Waals surface area contributed by atoms with Gasteiger partial charge in [-0.05, 0) is 44.0 Å². The van der Waals surface area contributed by atoms with Gasteiger partial charge in [0.2, 0.25) is 6.10 Å². The molecule has 0 unspecified atom stereocenters. The number of carbonyl (C=O) groups excluding carboxylic acids is 2. The highest BCUT2D eigenvalue weighted by Crippen LogP contribution is 2.34. The molecule has 4 rings (SSSR count). The molecular weight excluding hydrogens is 412 g/mol. The van der Waals surface area contributed by atoms with E-state index < -0.39 is 29.7 Å². The molecule has 0 radical (unpaired) electrons. The molecule has 2 aliphatic rings. The van der Waals surface area contributed by atoms with Crippen LogP contribution in [-0.2, 0) is 20.8 Å². The first-order valence-electron chi connectivity index (χ1n) is 10.4. The molecular formula is C24H26N2O6. The molecule has 0 aromatic heterocycles. The minimum atomic E-state index is -0.905. The molecule has 2 aromatic carbocycles. The number of cyclic esters (lactones) is 1.